The molecule has 2 rings (SSSR count). The van der Waals surface area contributed by atoms with Crippen LogP contribution in [0.4, 0.5) is 0 Å². The third-order valence-electron chi connectivity index (χ3n) is 4.75. The molecule has 5 heteroatoms. The number of nitrogens with zero attached hydrogens (tertiary/aromatic N) is 3. The monoisotopic (exact) mass is 281 g/mol. The standard InChI is InChI=1S/C15H27N3O2/c1-12-10-18(7-5-15(12,19)6-8-20-4)11-14-9-16-13(2)17(14)3/h9,12,19H,5-8,10-11H2,1-4H3. The van der Waals surface area contributed by atoms with Crippen molar-refractivity contribution in [3.63, 3.8) is 0 Å². The van der Waals surface area contributed by atoms with E-state index >= 15 is 0 Å². The van der Waals surface area contributed by atoms with Crippen molar-refractivity contribution in [3.8, 4) is 0 Å². The summed E-state index contributed by atoms with van der Waals surface area (Å²) < 4.78 is 7.25. The van der Waals surface area contributed by atoms with Gasteiger partial charge >= 0.3 is 0 Å². The Balaban J connectivity index is 1.94. The van der Waals surface area contributed by atoms with Crippen LogP contribution in [0.5, 0.6) is 0 Å². The van der Waals surface area contributed by atoms with E-state index in [0.29, 0.717) is 6.61 Å². The maximum absolute atomic E-state index is 10.7. The molecular formula is C15H27N3O2. The topological polar surface area (TPSA) is 50.5 Å². The average Bonchev–Trinajstić information content (AvgIpc) is 2.73. The van der Waals surface area contributed by atoms with Crippen molar-refractivity contribution in [2.45, 2.75) is 38.8 Å². The fourth-order valence-corrected chi connectivity index (χ4v) is 2.97. The number of imidazole rings is 1. The Labute approximate surface area is 121 Å². The lowest BCUT2D eigenvalue weighted by Gasteiger charge is -2.43. The lowest BCUT2D eigenvalue weighted by molar-refractivity contribution is -0.0830. The van der Waals surface area contributed by atoms with E-state index in [-0.39, 0.29) is 5.92 Å². The van der Waals surface area contributed by atoms with Crippen LogP contribution >= 0.6 is 0 Å². The first kappa shape index (κ1) is 15.5. The lowest BCUT2D eigenvalue weighted by Crippen LogP contribution is -2.51. The van der Waals surface area contributed by atoms with Gasteiger partial charge in [0.15, 0.2) is 0 Å². The van der Waals surface area contributed by atoms with E-state index in [4.69, 9.17) is 4.74 Å². The molecule has 2 heterocycles. The molecule has 1 aliphatic heterocycles. The highest BCUT2D eigenvalue weighted by molar-refractivity contribution is 5.04. The summed E-state index contributed by atoms with van der Waals surface area (Å²) in [7, 11) is 3.74. The van der Waals surface area contributed by atoms with Crippen LogP contribution in [0.2, 0.25) is 0 Å². The Bertz CT molecular complexity index is 446. The van der Waals surface area contributed by atoms with Gasteiger partial charge in [0.1, 0.15) is 5.82 Å². The van der Waals surface area contributed by atoms with E-state index in [0.717, 1.165) is 38.3 Å². The molecule has 1 aromatic heterocycles. The van der Waals surface area contributed by atoms with Crippen LogP contribution < -0.4 is 0 Å². The van der Waals surface area contributed by atoms with E-state index in [1.807, 2.05) is 13.1 Å². The summed E-state index contributed by atoms with van der Waals surface area (Å²) in [6.07, 6.45) is 3.49. The Morgan fingerprint density at radius 1 is 1.55 bits per heavy atom. The number of hydrogen-bond acceptors (Lipinski definition) is 4. The van der Waals surface area contributed by atoms with Gasteiger partial charge in [-0.05, 0) is 25.7 Å². The number of rotatable bonds is 5. The number of likely N-dealkylation sites (tertiary alicyclic amines) is 1. The molecule has 1 aliphatic rings. The van der Waals surface area contributed by atoms with Crippen LogP contribution in [0.25, 0.3) is 0 Å². The van der Waals surface area contributed by atoms with E-state index in [9.17, 15) is 5.11 Å². The highest BCUT2D eigenvalue weighted by atomic mass is 16.5. The largest absolute Gasteiger partial charge is 0.389 e. The molecule has 0 spiro atoms. The molecule has 1 saturated heterocycles. The van der Waals surface area contributed by atoms with E-state index < -0.39 is 5.60 Å². The van der Waals surface area contributed by atoms with E-state index in [1.165, 1.54) is 5.69 Å². The quantitative estimate of drug-likeness (QED) is 0.885. The number of hydrogen-bond donors (Lipinski definition) is 1. The number of aromatic nitrogens is 2. The van der Waals surface area contributed by atoms with Crippen LogP contribution in [0.3, 0.4) is 0 Å². The number of methoxy groups -OCH3 is 1. The molecule has 0 bridgehead atoms. The van der Waals surface area contributed by atoms with Gasteiger partial charge in [-0.3, -0.25) is 4.90 Å². The predicted molar refractivity (Wildman–Crippen MR) is 78.4 cm³/mol. The highest BCUT2D eigenvalue weighted by Crippen LogP contribution is 2.31. The zero-order valence-electron chi connectivity index (χ0n) is 13.1. The average molecular weight is 281 g/mol. The smallest absolute Gasteiger partial charge is 0.105 e. The maximum Gasteiger partial charge on any atom is 0.105 e. The normalized spacial score (nSPS) is 27.9. The highest BCUT2D eigenvalue weighted by Gasteiger charge is 2.38. The predicted octanol–water partition coefficient (Wildman–Crippen LogP) is 1.34. The number of ether oxygens (including phenoxy) is 1. The number of aryl methyl sites for hydroxylation is 1. The van der Waals surface area contributed by atoms with Crippen LogP contribution in [0.15, 0.2) is 6.20 Å². The molecule has 1 fully saturated rings. The molecule has 0 aliphatic carbocycles. The van der Waals surface area contributed by atoms with Crippen molar-refractivity contribution in [3.05, 3.63) is 17.7 Å². The Morgan fingerprint density at radius 3 is 2.85 bits per heavy atom. The second kappa shape index (κ2) is 6.24. The zero-order valence-corrected chi connectivity index (χ0v) is 13.1. The van der Waals surface area contributed by atoms with Gasteiger partial charge in [-0.25, -0.2) is 4.98 Å². The van der Waals surface area contributed by atoms with Gasteiger partial charge in [-0.2, -0.15) is 0 Å². The molecule has 2 atom stereocenters. The van der Waals surface area contributed by atoms with Crippen LogP contribution in [0.1, 0.15) is 31.3 Å². The van der Waals surface area contributed by atoms with Gasteiger partial charge in [0, 0.05) is 46.6 Å². The van der Waals surface area contributed by atoms with Gasteiger partial charge in [0.25, 0.3) is 0 Å². The summed E-state index contributed by atoms with van der Waals surface area (Å²) in [6, 6.07) is 0. The maximum atomic E-state index is 10.7. The minimum absolute atomic E-state index is 0.265. The number of piperidine rings is 1. The summed E-state index contributed by atoms with van der Waals surface area (Å²) in [5, 5.41) is 10.7. The molecule has 20 heavy (non-hydrogen) atoms. The zero-order chi connectivity index (χ0) is 14.8. The minimum atomic E-state index is -0.575. The lowest BCUT2D eigenvalue weighted by atomic mass is 9.80. The molecule has 1 aromatic rings. The van der Waals surface area contributed by atoms with Crippen molar-refractivity contribution in [1.82, 2.24) is 14.5 Å². The summed E-state index contributed by atoms with van der Waals surface area (Å²) in [4.78, 5) is 6.75. The molecule has 5 nitrogen and oxygen atoms in total. The molecule has 2 unspecified atom stereocenters. The van der Waals surface area contributed by atoms with Crippen LogP contribution in [-0.4, -0.2) is 52.0 Å². The summed E-state index contributed by atoms with van der Waals surface area (Å²) >= 11 is 0. The van der Waals surface area contributed by atoms with Crippen molar-refractivity contribution in [2.75, 3.05) is 26.8 Å². The molecule has 0 radical (unpaired) electrons. The molecule has 0 amide bonds. The van der Waals surface area contributed by atoms with Crippen molar-refractivity contribution < 1.29 is 9.84 Å². The van der Waals surface area contributed by atoms with Crippen LogP contribution in [-0.2, 0) is 18.3 Å². The SMILES string of the molecule is COCCC1(O)CCN(Cc2cnc(C)n2C)CC1C. The first-order chi connectivity index (χ1) is 9.46. The second-order valence-corrected chi connectivity index (χ2v) is 6.09. The summed E-state index contributed by atoms with van der Waals surface area (Å²) in [6.45, 7) is 7.53. The third-order valence-corrected chi connectivity index (χ3v) is 4.75. The van der Waals surface area contributed by atoms with Crippen LogP contribution in [0, 0.1) is 12.8 Å². The van der Waals surface area contributed by atoms with E-state index in [2.05, 4.69) is 28.4 Å². The van der Waals surface area contributed by atoms with Gasteiger partial charge in [-0.15, -0.1) is 0 Å². The minimum Gasteiger partial charge on any atom is -0.389 e. The summed E-state index contributed by atoms with van der Waals surface area (Å²) in [5.41, 5.74) is 0.659. The Hall–Kier alpha value is -0.910. The first-order valence-corrected chi connectivity index (χ1v) is 7.37. The Kier molecular flexibility index (Phi) is 4.83. The summed E-state index contributed by atoms with van der Waals surface area (Å²) in [5.74, 6) is 1.31. The third kappa shape index (κ3) is 3.22. The van der Waals surface area contributed by atoms with Gasteiger partial charge < -0.3 is 14.4 Å². The van der Waals surface area contributed by atoms with Gasteiger partial charge in [-0.1, -0.05) is 6.92 Å². The molecule has 0 aromatic carbocycles. The van der Waals surface area contributed by atoms with Crippen molar-refractivity contribution >= 4 is 0 Å². The fourth-order valence-electron chi connectivity index (χ4n) is 2.97. The fraction of sp³-hybridized carbons (Fsp3) is 0.800. The molecule has 0 saturated carbocycles. The Morgan fingerprint density at radius 2 is 2.30 bits per heavy atom. The number of aliphatic hydroxyl groups is 1. The van der Waals surface area contributed by atoms with Crippen molar-refractivity contribution in [1.29, 1.82) is 0 Å². The van der Waals surface area contributed by atoms with Gasteiger partial charge in [0.2, 0.25) is 0 Å². The van der Waals surface area contributed by atoms with E-state index in [1.54, 1.807) is 7.11 Å². The first-order valence-electron chi connectivity index (χ1n) is 7.37. The molecule has 114 valence electrons. The molecular weight excluding hydrogens is 254 g/mol. The second-order valence-electron chi connectivity index (χ2n) is 6.09. The van der Waals surface area contributed by atoms with Crippen molar-refractivity contribution in [2.24, 2.45) is 13.0 Å². The van der Waals surface area contributed by atoms with Gasteiger partial charge in [0.05, 0.1) is 11.3 Å². The molecule has 1 N–H and O–H groups in total.